The van der Waals surface area contributed by atoms with Gasteiger partial charge in [-0.05, 0) is 58.0 Å². The molecular formula is C16H20ClN3O. The molecule has 1 fully saturated rings. The number of fused-ring (bicyclic) bond motifs is 1. The molecule has 0 aromatic carbocycles. The van der Waals surface area contributed by atoms with Crippen LogP contribution in [-0.2, 0) is 5.60 Å². The summed E-state index contributed by atoms with van der Waals surface area (Å²) in [4.78, 5) is 11.0. The van der Waals surface area contributed by atoms with E-state index in [-0.39, 0.29) is 5.92 Å². The number of aliphatic hydroxyl groups is 1. The molecule has 21 heavy (non-hydrogen) atoms. The molecule has 1 saturated heterocycles. The lowest BCUT2D eigenvalue weighted by atomic mass is 9.79. The second-order valence-corrected chi connectivity index (χ2v) is 6.51. The highest BCUT2D eigenvalue weighted by molar-refractivity contribution is 6.29. The van der Waals surface area contributed by atoms with E-state index in [4.69, 9.17) is 11.6 Å². The van der Waals surface area contributed by atoms with Crippen molar-refractivity contribution in [3.63, 3.8) is 0 Å². The average Bonchev–Trinajstić information content (AvgIpc) is 2.47. The average molecular weight is 306 g/mol. The molecule has 0 saturated carbocycles. The Kier molecular flexibility index (Phi) is 3.86. The fourth-order valence-corrected chi connectivity index (χ4v) is 3.21. The predicted octanol–water partition coefficient (Wildman–Crippen LogP) is 2.83. The molecule has 1 N–H and O–H groups in total. The van der Waals surface area contributed by atoms with Crippen molar-refractivity contribution in [3.8, 4) is 0 Å². The first kappa shape index (κ1) is 14.7. The van der Waals surface area contributed by atoms with Crippen LogP contribution in [0.15, 0.2) is 24.4 Å². The molecule has 1 aliphatic heterocycles. The molecule has 0 spiro atoms. The molecule has 1 atom stereocenters. The number of nitrogens with zero attached hydrogens (tertiary/aromatic N) is 3. The highest BCUT2D eigenvalue weighted by Gasteiger charge is 2.36. The Hall–Kier alpha value is -1.23. The fraction of sp³-hybridized carbons (Fsp3) is 0.500. The van der Waals surface area contributed by atoms with Gasteiger partial charge in [0.15, 0.2) is 0 Å². The van der Waals surface area contributed by atoms with Crippen LogP contribution < -0.4 is 0 Å². The van der Waals surface area contributed by atoms with Gasteiger partial charge in [-0.2, -0.15) is 0 Å². The minimum absolute atomic E-state index is 0.232. The number of halogens is 1. The first-order chi connectivity index (χ1) is 9.96. The molecule has 0 bridgehead atoms. The standard InChI is InChI=1S/C16H20ClN3O/c1-16(21,12-5-7-20(2)8-6-12)14-4-3-11-10-18-15(17)9-13(11)19-14/h3-4,9-10,12,21H,5-8H2,1-2H3/t16-/m1/s1. The number of hydrogen-bond acceptors (Lipinski definition) is 4. The van der Waals surface area contributed by atoms with Gasteiger partial charge in [0.1, 0.15) is 10.8 Å². The van der Waals surface area contributed by atoms with Gasteiger partial charge in [0.25, 0.3) is 0 Å². The van der Waals surface area contributed by atoms with E-state index in [1.807, 2.05) is 19.1 Å². The summed E-state index contributed by atoms with van der Waals surface area (Å²) in [6, 6.07) is 5.59. The minimum atomic E-state index is -0.912. The zero-order chi connectivity index (χ0) is 15.0. The van der Waals surface area contributed by atoms with Crippen molar-refractivity contribution in [2.75, 3.05) is 20.1 Å². The largest absolute Gasteiger partial charge is 0.384 e. The molecule has 3 rings (SSSR count). The Morgan fingerprint density at radius 3 is 2.76 bits per heavy atom. The monoisotopic (exact) mass is 305 g/mol. The second-order valence-electron chi connectivity index (χ2n) is 6.12. The maximum atomic E-state index is 11.0. The van der Waals surface area contributed by atoms with E-state index in [1.165, 1.54) is 0 Å². The van der Waals surface area contributed by atoms with Crippen LogP contribution in [0, 0.1) is 5.92 Å². The number of pyridine rings is 2. The first-order valence-electron chi connectivity index (χ1n) is 7.30. The van der Waals surface area contributed by atoms with Crippen LogP contribution in [-0.4, -0.2) is 40.1 Å². The van der Waals surface area contributed by atoms with Crippen molar-refractivity contribution < 1.29 is 5.11 Å². The summed E-state index contributed by atoms with van der Waals surface area (Å²) in [5.41, 5.74) is 0.582. The highest BCUT2D eigenvalue weighted by atomic mass is 35.5. The summed E-state index contributed by atoms with van der Waals surface area (Å²) < 4.78 is 0. The molecule has 112 valence electrons. The van der Waals surface area contributed by atoms with Crippen LogP contribution in [0.1, 0.15) is 25.5 Å². The highest BCUT2D eigenvalue weighted by Crippen LogP contribution is 2.35. The lowest BCUT2D eigenvalue weighted by Crippen LogP contribution is -2.41. The molecule has 0 aliphatic carbocycles. The molecule has 5 heteroatoms. The Morgan fingerprint density at radius 2 is 2.05 bits per heavy atom. The maximum Gasteiger partial charge on any atom is 0.131 e. The second kappa shape index (κ2) is 5.52. The van der Waals surface area contributed by atoms with Crippen molar-refractivity contribution in [2.24, 2.45) is 5.92 Å². The third-order valence-corrected chi connectivity index (χ3v) is 4.78. The Bertz CT molecular complexity index is 651. The maximum absolute atomic E-state index is 11.0. The van der Waals surface area contributed by atoms with Crippen LogP contribution in [0.3, 0.4) is 0 Å². The van der Waals surface area contributed by atoms with Gasteiger partial charge in [0, 0.05) is 17.6 Å². The third kappa shape index (κ3) is 2.89. The number of hydrogen-bond donors (Lipinski definition) is 1. The van der Waals surface area contributed by atoms with E-state index in [1.54, 1.807) is 12.3 Å². The Balaban J connectivity index is 1.94. The molecular weight excluding hydrogens is 286 g/mol. The number of piperidine rings is 1. The van der Waals surface area contributed by atoms with Gasteiger partial charge in [0.05, 0.1) is 11.2 Å². The zero-order valence-corrected chi connectivity index (χ0v) is 13.1. The lowest BCUT2D eigenvalue weighted by Gasteiger charge is -2.38. The van der Waals surface area contributed by atoms with Crippen LogP contribution in [0.2, 0.25) is 5.15 Å². The Labute approximate surface area is 129 Å². The summed E-state index contributed by atoms with van der Waals surface area (Å²) >= 11 is 5.93. The molecule has 0 unspecified atom stereocenters. The molecule has 2 aromatic heterocycles. The van der Waals surface area contributed by atoms with Crippen molar-refractivity contribution >= 4 is 22.5 Å². The number of aromatic nitrogens is 2. The van der Waals surface area contributed by atoms with Crippen LogP contribution in [0.4, 0.5) is 0 Å². The van der Waals surface area contributed by atoms with Gasteiger partial charge in [-0.25, -0.2) is 9.97 Å². The van der Waals surface area contributed by atoms with Crippen molar-refractivity contribution in [1.82, 2.24) is 14.9 Å². The minimum Gasteiger partial charge on any atom is -0.384 e. The molecule has 0 amide bonds. The normalized spacial score (nSPS) is 20.6. The van der Waals surface area contributed by atoms with Crippen molar-refractivity contribution in [1.29, 1.82) is 0 Å². The predicted molar refractivity (Wildman–Crippen MR) is 84.3 cm³/mol. The van der Waals surface area contributed by atoms with Gasteiger partial charge < -0.3 is 10.0 Å². The number of rotatable bonds is 2. The lowest BCUT2D eigenvalue weighted by molar-refractivity contribution is -0.0334. The van der Waals surface area contributed by atoms with Crippen LogP contribution in [0.5, 0.6) is 0 Å². The van der Waals surface area contributed by atoms with E-state index in [2.05, 4.69) is 21.9 Å². The van der Waals surface area contributed by atoms with Gasteiger partial charge in [-0.3, -0.25) is 0 Å². The Morgan fingerprint density at radius 1 is 1.33 bits per heavy atom. The van der Waals surface area contributed by atoms with Gasteiger partial charge in [0.2, 0.25) is 0 Å². The number of likely N-dealkylation sites (tertiary alicyclic amines) is 1. The molecule has 4 nitrogen and oxygen atoms in total. The van der Waals surface area contributed by atoms with Gasteiger partial charge in [-0.15, -0.1) is 0 Å². The molecule has 2 aromatic rings. The van der Waals surface area contributed by atoms with Gasteiger partial charge >= 0.3 is 0 Å². The van der Waals surface area contributed by atoms with E-state index in [0.717, 1.165) is 36.8 Å². The SMILES string of the molecule is CN1CCC([C@@](C)(O)c2ccc3cnc(Cl)cc3n2)CC1. The topological polar surface area (TPSA) is 49.2 Å². The van der Waals surface area contributed by atoms with E-state index in [9.17, 15) is 5.11 Å². The molecule has 3 heterocycles. The summed E-state index contributed by atoms with van der Waals surface area (Å²) in [7, 11) is 2.12. The first-order valence-corrected chi connectivity index (χ1v) is 7.68. The zero-order valence-electron chi connectivity index (χ0n) is 12.4. The van der Waals surface area contributed by atoms with Crippen LogP contribution in [0.25, 0.3) is 10.9 Å². The summed E-state index contributed by atoms with van der Waals surface area (Å²) in [6.07, 6.45) is 3.68. The van der Waals surface area contributed by atoms with E-state index in [0.29, 0.717) is 10.8 Å². The molecule has 1 aliphatic rings. The van der Waals surface area contributed by atoms with Crippen molar-refractivity contribution in [2.45, 2.75) is 25.4 Å². The van der Waals surface area contributed by atoms with Crippen LogP contribution >= 0.6 is 11.6 Å². The molecule has 0 radical (unpaired) electrons. The van der Waals surface area contributed by atoms with Crippen molar-refractivity contribution in [3.05, 3.63) is 35.2 Å². The summed E-state index contributed by atoms with van der Waals surface area (Å²) in [5, 5.41) is 12.4. The van der Waals surface area contributed by atoms with E-state index >= 15 is 0 Å². The third-order valence-electron chi connectivity index (χ3n) is 4.57. The fourth-order valence-electron chi connectivity index (χ4n) is 3.05. The summed E-state index contributed by atoms with van der Waals surface area (Å²) in [6.45, 7) is 3.91. The van der Waals surface area contributed by atoms with E-state index < -0.39 is 5.60 Å². The quantitative estimate of drug-likeness (QED) is 0.867. The summed E-state index contributed by atoms with van der Waals surface area (Å²) in [5.74, 6) is 0.232. The smallest absolute Gasteiger partial charge is 0.131 e. The van der Waals surface area contributed by atoms with Gasteiger partial charge in [-0.1, -0.05) is 11.6 Å².